The quantitative estimate of drug-likeness (QED) is 0.737. The van der Waals surface area contributed by atoms with Crippen molar-refractivity contribution in [3.05, 3.63) is 29.6 Å². The largest absolute Gasteiger partial charge is 0.488 e. The Balaban J connectivity index is 2.76. The Kier molecular flexibility index (Phi) is 4.16. The van der Waals surface area contributed by atoms with E-state index in [1.165, 1.54) is 6.07 Å². The van der Waals surface area contributed by atoms with Crippen molar-refractivity contribution in [2.45, 2.75) is 32.4 Å². The summed E-state index contributed by atoms with van der Waals surface area (Å²) in [5.41, 5.74) is 0.816. The predicted molar refractivity (Wildman–Crippen MR) is 66.8 cm³/mol. The summed E-state index contributed by atoms with van der Waals surface area (Å²) >= 11 is 0. The second kappa shape index (κ2) is 5.02. The molecule has 0 radical (unpaired) electrons. The van der Waals surface area contributed by atoms with Gasteiger partial charge in [-0.05, 0) is 23.4 Å². The van der Waals surface area contributed by atoms with Crippen LogP contribution in [0.2, 0.25) is 5.31 Å². The highest BCUT2D eigenvalue weighted by molar-refractivity contribution is 6.58. The molecule has 0 heterocycles. The monoisotopic (exact) mass is 222 g/mol. The Morgan fingerprint density at radius 2 is 1.94 bits per heavy atom. The van der Waals surface area contributed by atoms with Gasteiger partial charge in [0.2, 0.25) is 0 Å². The molecule has 0 atom stereocenters. The van der Waals surface area contributed by atoms with Crippen LogP contribution < -0.4 is 5.46 Å². The average Bonchev–Trinajstić information content (AvgIpc) is 2.14. The van der Waals surface area contributed by atoms with Crippen LogP contribution in [0, 0.1) is 5.82 Å². The lowest BCUT2D eigenvalue weighted by Crippen LogP contribution is -2.30. The Morgan fingerprint density at radius 3 is 2.38 bits per heavy atom. The van der Waals surface area contributed by atoms with Crippen molar-refractivity contribution in [1.82, 2.24) is 0 Å². The van der Waals surface area contributed by atoms with Crippen molar-refractivity contribution in [2.75, 3.05) is 0 Å². The van der Waals surface area contributed by atoms with E-state index in [1.54, 1.807) is 12.1 Å². The lowest BCUT2D eigenvalue weighted by atomic mass is 9.52. The smallest absolute Gasteiger partial charge is 0.423 e. The molecular formula is C11H17B2FO2. The first kappa shape index (κ1) is 13.3. The maximum absolute atomic E-state index is 13.6. The van der Waals surface area contributed by atoms with Crippen molar-refractivity contribution < 1.29 is 14.4 Å². The molecule has 16 heavy (non-hydrogen) atoms. The van der Waals surface area contributed by atoms with E-state index in [-0.39, 0.29) is 16.6 Å². The Labute approximate surface area is 96.9 Å². The van der Waals surface area contributed by atoms with Crippen LogP contribution in [0.4, 0.5) is 4.39 Å². The maximum Gasteiger partial charge on any atom is 0.488 e. The van der Waals surface area contributed by atoms with Crippen LogP contribution in [0.15, 0.2) is 18.2 Å². The molecule has 1 aromatic carbocycles. The van der Waals surface area contributed by atoms with Gasteiger partial charge in [-0.25, -0.2) is 4.39 Å². The minimum atomic E-state index is -1.61. The highest BCUT2D eigenvalue weighted by atomic mass is 19.1. The topological polar surface area (TPSA) is 40.5 Å². The fourth-order valence-corrected chi connectivity index (χ4v) is 1.44. The molecule has 0 aliphatic heterocycles. The van der Waals surface area contributed by atoms with Crippen LogP contribution in [0.1, 0.15) is 26.3 Å². The van der Waals surface area contributed by atoms with Crippen molar-refractivity contribution in [3.63, 3.8) is 0 Å². The SMILES string of the molecule is CC(C)(C)BCc1ccc(B(O)O)cc1F. The van der Waals surface area contributed by atoms with E-state index >= 15 is 0 Å². The van der Waals surface area contributed by atoms with Gasteiger partial charge < -0.3 is 10.0 Å². The molecule has 0 bridgehead atoms. The zero-order valence-corrected chi connectivity index (χ0v) is 10.00. The summed E-state index contributed by atoms with van der Waals surface area (Å²) in [6.45, 7) is 6.32. The normalized spacial score (nSPS) is 11.4. The third kappa shape index (κ3) is 3.99. The first-order chi connectivity index (χ1) is 7.29. The summed E-state index contributed by atoms with van der Waals surface area (Å²) in [5, 5.41) is 17.9. The van der Waals surface area contributed by atoms with Gasteiger partial charge >= 0.3 is 7.12 Å². The Hall–Kier alpha value is -0.800. The van der Waals surface area contributed by atoms with E-state index in [1.807, 2.05) is 0 Å². The van der Waals surface area contributed by atoms with Crippen LogP contribution in [0.25, 0.3) is 0 Å². The van der Waals surface area contributed by atoms with Gasteiger partial charge in [0, 0.05) is 0 Å². The first-order valence-corrected chi connectivity index (χ1v) is 5.44. The minimum Gasteiger partial charge on any atom is -0.423 e. The Morgan fingerprint density at radius 1 is 1.31 bits per heavy atom. The summed E-state index contributed by atoms with van der Waals surface area (Å²) in [4.78, 5) is 0. The number of halogens is 1. The third-order valence-corrected chi connectivity index (χ3v) is 2.52. The molecule has 0 saturated carbocycles. The number of benzene rings is 1. The molecule has 0 spiro atoms. The predicted octanol–water partition coefficient (Wildman–Crippen LogP) is 0.660. The minimum absolute atomic E-state index is 0.168. The molecule has 0 unspecified atom stereocenters. The number of hydrogen-bond acceptors (Lipinski definition) is 2. The molecule has 2 nitrogen and oxygen atoms in total. The van der Waals surface area contributed by atoms with Crippen LogP contribution in [-0.4, -0.2) is 24.4 Å². The Bertz CT molecular complexity index is 361. The van der Waals surface area contributed by atoms with Crippen LogP contribution in [0.5, 0.6) is 0 Å². The second-order valence-corrected chi connectivity index (χ2v) is 5.29. The van der Waals surface area contributed by atoms with E-state index in [0.717, 1.165) is 7.28 Å². The zero-order chi connectivity index (χ0) is 12.3. The van der Waals surface area contributed by atoms with E-state index in [0.29, 0.717) is 11.9 Å². The van der Waals surface area contributed by atoms with Gasteiger partial charge in [-0.2, -0.15) is 0 Å². The molecule has 0 fully saturated rings. The molecule has 86 valence electrons. The summed E-state index contributed by atoms with van der Waals surface area (Å²) in [7, 11) is -0.712. The summed E-state index contributed by atoms with van der Waals surface area (Å²) in [6, 6.07) is 4.35. The van der Waals surface area contributed by atoms with Gasteiger partial charge in [0.25, 0.3) is 0 Å². The van der Waals surface area contributed by atoms with Gasteiger partial charge in [-0.15, -0.1) is 0 Å². The zero-order valence-electron chi connectivity index (χ0n) is 10.00. The van der Waals surface area contributed by atoms with Gasteiger partial charge in [-0.3, -0.25) is 0 Å². The molecule has 2 N–H and O–H groups in total. The van der Waals surface area contributed by atoms with Crippen molar-refractivity contribution in [3.8, 4) is 0 Å². The van der Waals surface area contributed by atoms with E-state index < -0.39 is 7.12 Å². The van der Waals surface area contributed by atoms with E-state index in [4.69, 9.17) is 10.0 Å². The lowest BCUT2D eigenvalue weighted by molar-refractivity contribution is 0.425. The van der Waals surface area contributed by atoms with Gasteiger partial charge in [0.1, 0.15) is 13.1 Å². The van der Waals surface area contributed by atoms with E-state index in [2.05, 4.69) is 20.8 Å². The standard InChI is InChI=1S/C11H17B2FO2/c1-11(2,3)12-7-8-4-5-9(13(15)16)6-10(8)14/h4-6,12,15-16H,7H2,1-3H3. The summed E-state index contributed by atoms with van der Waals surface area (Å²) < 4.78 is 13.6. The van der Waals surface area contributed by atoms with Crippen LogP contribution in [-0.2, 0) is 6.32 Å². The van der Waals surface area contributed by atoms with Gasteiger partial charge in [0.15, 0.2) is 0 Å². The van der Waals surface area contributed by atoms with Crippen molar-refractivity contribution in [2.24, 2.45) is 0 Å². The lowest BCUT2D eigenvalue weighted by Gasteiger charge is -2.16. The molecule has 1 rings (SSSR count). The summed E-state index contributed by atoms with van der Waals surface area (Å²) in [6.07, 6.45) is 0.664. The fraction of sp³-hybridized carbons (Fsp3) is 0.455. The molecule has 0 aliphatic rings. The summed E-state index contributed by atoms with van der Waals surface area (Å²) in [5.74, 6) is -0.366. The maximum atomic E-state index is 13.6. The molecule has 0 aliphatic carbocycles. The highest BCUT2D eigenvalue weighted by Gasteiger charge is 2.16. The van der Waals surface area contributed by atoms with Gasteiger partial charge in [-0.1, -0.05) is 38.2 Å². The van der Waals surface area contributed by atoms with Crippen molar-refractivity contribution >= 4 is 19.9 Å². The van der Waals surface area contributed by atoms with Gasteiger partial charge in [0.05, 0.1) is 0 Å². The molecule has 0 amide bonds. The molecule has 1 aromatic rings. The fourth-order valence-electron chi connectivity index (χ4n) is 1.44. The van der Waals surface area contributed by atoms with E-state index in [9.17, 15) is 4.39 Å². The molecule has 0 aromatic heterocycles. The highest BCUT2D eigenvalue weighted by Crippen LogP contribution is 2.22. The molecule has 5 heteroatoms. The number of hydrogen-bond donors (Lipinski definition) is 2. The van der Waals surface area contributed by atoms with Crippen molar-refractivity contribution in [1.29, 1.82) is 0 Å². The molecular weight excluding hydrogens is 205 g/mol. The second-order valence-electron chi connectivity index (χ2n) is 5.29. The number of rotatable bonds is 3. The molecule has 0 saturated heterocycles. The first-order valence-electron chi connectivity index (χ1n) is 5.44. The average molecular weight is 222 g/mol. The van der Waals surface area contributed by atoms with Crippen LogP contribution >= 0.6 is 0 Å². The third-order valence-electron chi connectivity index (χ3n) is 2.52. The van der Waals surface area contributed by atoms with Crippen LogP contribution in [0.3, 0.4) is 0 Å².